The monoisotopic (exact) mass is 436 g/mol. The Morgan fingerprint density at radius 2 is 1.97 bits per heavy atom. The summed E-state index contributed by atoms with van der Waals surface area (Å²) in [6.07, 6.45) is 5.81. The number of pyridine rings is 1. The van der Waals surface area contributed by atoms with Crippen molar-refractivity contribution in [2.24, 2.45) is 5.92 Å². The second kappa shape index (κ2) is 9.56. The lowest BCUT2D eigenvalue weighted by Gasteiger charge is -2.31. The molecule has 0 bridgehead atoms. The van der Waals surface area contributed by atoms with Gasteiger partial charge in [0, 0.05) is 30.7 Å². The normalized spacial score (nSPS) is 22.1. The van der Waals surface area contributed by atoms with E-state index in [1.54, 1.807) is 30.6 Å². The minimum Gasteiger partial charge on any atom is -0.334 e. The van der Waals surface area contributed by atoms with Crippen molar-refractivity contribution >= 4 is 33.3 Å². The number of urea groups is 1. The fourth-order valence-corrected chi connectivity index (χ4v) is 5.17. The Hall–Kier alpha value is -2.16. The van der Waals surface area contributed by atoms with E-state index in [9.17, 15) is 13.2 Å². The fraction of sp³-hybridized carbons (Fsp3) is 0.400. The van der Waals surface area contributed by atoms with Crippen LogP contribution < -0.4 is 15.4 Å². The van der Waals surface area contributed by atoms with Crippen molar-refractivity contribution < 1.29 is 13.2 Å². The average molecular weight is 437 g/mol. The highest BCUT2D eigenvalue weighted by Gasteiger charge is 2.30. The first kappa shape index (κ1) is 21.5. The Balaban J connectivity index is 1.55. The lowest BCUT2D eigenvalue weighted by atomic mass is 9.87. The van der Waals surface area contributed by atoms with Gasteiger partial charge in [-0.2, -0.15) is 0 Å². The third-order valence-corrected chi connectivity index (χ3v) is 6.93. The van der Waals surface area contributed by atoms with Gasteiger partial charge in [0.25, 0.3) is 0 Å². The third kappa shape index (κ3) is 6.16. The molecule has 1 aliphatic carbocycles. The van der Waals surface area contributed by atoms with Crippen LogP contribution >= 0.6 is 11.6 Å². The summed E-state index contributed by atoms with van der Waals surface area (Å²) < 4.78 is 28.0. The third-order valence-electron chi connectivity index (χ3n) is 4.94. The molecule has 156 valence electrons. The van der Waals surface area contributed by atoms with Gasteiger partial charge in [-0.3, -0.25) is 4.98 Å². The first-order chi connectivity index (χ1) is 13.8. The Labute approximate surface area is 176 Å². The highest BCUT2D eigenvalue weighted by Crippen LogP contribution is 2.29. The number of nitrogens with zero attached hydrogens (tertiary/aromatic N) is 1. The predicted molar refractivity (Wildman–Crippen MR) is 113 cm³/mol. The molecule has 0 spiro atoms. The molecule has 7 nitrogen and oxygen atoms in total. The van der Waals surface area contributed by atoms with Crippen molar-refractivity contribution in [3.05, 3.63) is 54.4 Å². The van der Waals surface area contributed by atoms with Crippen molar-refractivity contribution in [1.82, 2.24) is 15.0 Å². The van der Waals surface area contributed by atoms with Crippen molar-refractivity contribution in [1.29, 1.82) is 0 Å². The summed E-state index contributed by atoms with van der Waals surface area (Å²) >= 11 is 6.34. The summed E-state index contributed by atoms with van der Waals surface area (Å²) in [6, 6.07) is 9.04. The van der Waals surface area contributed by atoms with Gasteiger partial charge in [0.2, 0.25) is 10.0 Å². The maximum atomic E-state index is 12.6. The number of anilines is 1. The van der Waals surface area contributed by atoms with Gasteiger partial charge >= 0.3 is 6.03 Å². The number of carbonyl (C=O) groups is 1. The number of alkyl halides is 1. The smallest absolute Gasteiger partial charge is 0.319 e. The molecule has 3 unspecified atom stereocenters. The largest absolute Gasteiger partial charge is 0.334 e. The Bertz CT molecular complexity index is 923. The van der Waals surface area contributed by atoms with Crippen molar-refractivity contribution in [3.8, 4) is 0 Å². The second-order valence-electron chi connectivity index (χ2n) is 7.36. The van der Waals surface area contributed by atoms with E-state index in [-0.39, 0.29) is 22.3 Å². The standard InChI is InChI=1S/C20H25ClN4O3S/c1-14-4-9-19(18(21)11-14)25-29(27,28)17-7-5-16(6-8-17)24-20(26)23-13-15-3-2-10-22-12-15/h2-3,5-8,10,12,14,18-19,25H,4,9,11,13H2,1H3,(H2,23,24,26). The van der Waals surface area contributed by atoms with Gasteiger partial charge in [-0.15, -0.1) is 11.6 Å². The Kier molecular flexibility index (Phi) is 7.10. The number of amides is 2. The van der Waals surface area contributed by atoms with Crippen molar-refractivity contribution in [3.63, 3.8) is 0 Å². The molecule has 1 fully saturated rings. The minimum atomic E-state index is -3.67. The molecule has 29 heavy (non-hydrogen) atoms. The molecule has 1 aliphatic rings. The van der Waals surface area contributed by atoms with Gasteiger partial charge in [-0.25, -0.2) is 17.9 Å². The summed E-state index contributed by atoms with van der Waals surface area (Å²) in [5, 5.41) is 5.19. The van der Waals surface area contributed by atoms with E-state index >= 15 is 0 Å². The molecule has 3 atom stereocenters. The predicted octanol–water partition coefficient (Wildman–Crippen LogP) is 3.48. The van der Waals surface area contributed by atoms with Gasteiger partial charge in [-0.1, -0.05) is 13.0 Å². The maximum absolute atomic E-state index is 12.6. The van der Waals surface area contributed by atoms with Crippen LogP contribution in [0.25, 0.3) is 0 Å². The summed E-state index contributed by atoms with van der Waals surface area (Å²) in [5.74, 6) is 0.507. The van der Waals surface area contributed by atoms with Gasteiger partial charge in [0.05, 0.1) is 10.3 Å². The first-order valence-corrected chi connectivity index (χ1v) is 11.5. The number of nitrogens with one attached hydrogen (secondary N) is 3. The molecule has 0 aliphatic heterocycles. The van der Waals surface area contributed by atoms with Gasteiger partial charge in [0.15, 0.2) is 0 Å². The van der Waals surface area contributed by atoms with E-state index in [4.69, 9.17) is 11.6 Å². The highest BCUT2D eigenvalue weighted by molar-refractivity contribution is 7.89. The molecule has 3 rings (SSSR count). The van der Waals surface area contributed by atoms with E-state index in [2.05, 4.69) is 27.3 Å². The summed E-state index contributed by atoms with van der Waals surface area (Å²) in [7, 11) is -3.67. The summed E-state index contributed by atoms with van der Waals surface area (Å²) in [5.41, 5.74) is 1.37. The Morgan fingerprint density at radius 1 is 1.21 bits per heavy atom. The maximum Gasteiger partial charge on any atom is 0.319 e. The number of benzene rings is 1. The summed E-state index contributed by atoms with van der Waals surface area (Å²) in [4.78, 5) is 16.1. The lowest BCUT2D eigenvalue weighted by Crippen LogP contribution is -2.44. The van der Waals surface area contributed by atoms with Crippen LogP contribution in [-0.4, -0.2) is 30.9 Å². The van der Waals surface area contributed by atoms with Crippen molar-refractivity contribution in [2.75, 3.05) is 5.32 Å². The first-order valence-electron chi connectivity index (χ1n) is 9.54. The van der Waals surface area contributed by atoms with Crippen molar-refractivity contribution in [2.45, 2.75) is 49.0 Å². The molecular formula is C20H25ClN4O3S. The molecule has 0 radical (unpaired) electrons. The SMILES string of the molecule is CC1CCC(NS(=O)(=O)c2ccc(NC(=O)NCc3cccnc3)cc2)C(Cl)C1. The average Bonchev–Trinajstić information content (AvgIpc) is 2.70. The van der Waals surface area contributed by atoms with Crippen LogP contribution in [0.1, 0.15) is 31.7 Å². The van der Waals surface area contributed by atoms with Crippen LogP contribution in [-0.2, 0) is 16.6 Å². The number of aromatic nitrogens is 1. The summed E-state index contributed by atoms with van der Waals surface area (Å²) in [6.45, 7) is 2.47. The molecule has 0 saturated heterocycles. The van der Waals surface area contributed by atoms with E-state index in [0.717, 1.165) is 24.8 Å². The quantitative estimate of drug-likeness (QED) is 0.603. The number of carbonyl (C=O) groups excluding carboxylic acids is 1. The topological polar surface area (TPSA) is 100 Å². The molecule has 9 heteroatoms. The number of hydrogen-bond acceptors (Lipinski definition) is 4. The number of halogens is 1. The number of rotatable bonds is 6. The molecule has 1 saturated carbocycles. The molecule has 3 N–H and O–H groups in total. The van der Waals surface area contributed by atoms with Crippen LogP contribution in [0.15, 0.2) is 53.7 Å². The minimum absolute atomic E-state index is 0.140. The molecule has 1 aromatic carbocycles. The number of hydrogen-bond donors (Lipinski definition) is 3. The second-order valence-corrected chi connectivity index (χ2v) is 9.63. The molecule has 1 aromatic heterocycles. The van der Waals surface area contributed by atoms with Crippen LogP contribution in [0.3, 0.4) is 0 Å². The van der Waals surface area contributed by atoms with Crippen LogP contribution in [0.2, 0.25) is 0 Å². The van der Waals surface area contributed by atoms with Gasteiger partial charge in [-0.05, 0) is 61.1 Å². The molecular weight excluding hydrogens is 412 g/mol. The highest BCUT2D eigenvalue weighted by atomic mass is 35.5. The zero-order valence-corrected chi connectivity index (χ0v) is 17.7. The molecule has 1 heterocycles. The van der Waals surface area contributed by atoms with Crippen LogP contribution in [0, 0.1) is 5.92 Å². The van der Waals surface area contributed by atoms with E-state index in [1.807, 2.05) is 6.07 Å². The van der Waals surface area contributed by atoms with E-state index < -0.39 is 10.0 Å². The van der Waals surface area contributed by atoms with E-state index in [0.29, 0.717) is 18.2 Å². The zero-order valence-electron chi connectivity index (χ0n) is 16.1. The molecule has 2 aromatic rings. The fourth-order valence-electron chi connectivity index (χ4n) is 3.29. The molecule has 2 amide bonds. The van der Waals surface area contributed by atoms with Gasteiger partial charge in [0.1, 0.15) is 0 Å². The van der Waals surface area contributed by atoms with E-state index in [1.165, 1.54) is 12.1 Å². The Morgan fingerprint density at radius 3 is 2.62 bits per heavy atom. The van der Waals surface area contributed by atoms with Gasteiger partial charge < -0.3 is 10.6 Å². The zero-order chi connectivity index (χ0) is 20.9. The number of sulfonamides is 1. The van der Waals surface area contributed by atoms with Crippen LogP contribution in [0.5, 0.6) is 0 Å². The lowest BCUT2D eigenvalue weighted by molar-refractivity contribution is 0.251. The van der Waals surface area contributed by atoms with Crippen LogP contribution in [0.4, 0.5) is 10.5 Å².